The Labute approximate surface area is 131 Å². The molecule has 1 fully saturated rings. The van der Waals surface area contributed by atoms with Gasteiger partial charge >= 0.3 is 0 Å². The van der Waals surface area contributed by atoms with Crippen molar-refractivity contribution in [2.24, 2.45) is 11.8 Å². The predicted octanol–water partition coefficient (Wildman–Crippen LogP) is 3.94. The molecule has 4 nitrogen and oxygen atoms in total. The third-order valence-corrected chi connectivity index (χ3v) is 4.52. The van der Waals surface area contributed by atoms with Gasteiger partial charge in [0.1, 0.15) is 5.69 Å². The van der Waals surface area contributed by atoms with Crippen LogP contribution in [0.1, 0.15) is 52.4 Å². The van der Waals surface area contributed by atoms with Gasteiger partial charge in [0.15, 0.2) is 0 Å². The van der Waals surface area contributed by atoms with Crippen molar-refractivity contribution < 1.29 is 0 Å². The molecule has 21 heavy (non-hydrogen) atoms. The number of nitrogens with one attached hydrogen (secondary N) is 1. The number of hydrogen-bond acceptors (Lipinski definition) is 3. The minimum Gasteiger partial charge on any atom is -0.379 e. The molecule has 1 aromatic rings. The minimum atomic E-state index is -0.0836. The monoisotopic (exact) mass is 311 g/mol. The highest BCUT2D eigenvalue weighted by molar-refractivity contribution is 6.32. The van der Waals surface area contributed by atoms with Crippen LogP contribution in [0.25, 0.3) is 0 Å². The summed E-state index contributed by atoms with van der Waals surface area (Å²) in [7, 11) is 0. The molecule has 1 aliphatic rings. The van der Waals surface area contributed by atoms with Gasteiger partial charge in [-0.15, -0.1) is 0 Å². The Morgan fingerprint density at radius 1 is 1.48 bits per heavy atom. The van der Waals surface area contributed by atoms with E-state index < -0.39 is 0 Å². The number of nitrogens with zero attached hydrogens (tertiary/aromatic N) is 2. The molecule has 0 bridgehead atoms. The van der Waals surface area contributed by atoms with Gasteiger partial charge in [0.25, 0.3) is 5.56 Å². The summed E-state index contributed by atoms with van der Waals surface area (Å²) in [6.07, 6.45) is 8.74. The maximum absolute atomic E-state index is 12.4. The van der Waals surface area contributed by atoms with Gasteiger partial charge in [-0.3, -0.25) is 4.79 Å². The molecule has 1 atom stereocenters. The van der Waals surface area contributed by atoms with E-state index in [9.17, 15) is 4.79 Å². The molecule has 0 aromatic carbocycles. The summed E-state index contributed by atoms with van der Waals surface area (Å²) in [6.45, 7) is 5.93. The van der Waals surface area contributed by atoms with Gasteiger partial charge in [-0.1, -0.05) is 44.7 Å². The van der Waals surface area contributed by atoms with E-state index in [0.717, 1.165) is 19.5 Å². The molecule has 0 saturated heterocycles. The Kier molecular flexibility index (Phi) is 6.09. The molecule has 1 N–H and O–H groups in total. The summed E-state index contributed by atoms with van der Waals surface area (Å²) in [5, 5.41) is 7.85. The lowest BCUT2D eigenvalue weighted by molar-refractivity contribution is 0.471. The standard InChI is InChI=1S/C16H26ClN3O/c1-3-5-6-12(4-2)9-18-15-14(17)10-19-20(16(15)21)11-13-7-8-13/h10,12-13,18H,3-9,11H2,1-2H3. The van der Waals surface area contributed by atoms with Crippen molar-refractivity contribution in [1.29, 1.82) is 0 Å². The fraction of sp³-hybridized carbons (Fsp3) is 0.750. The number of aromatic nitrogens is 2. The first-order valence-electron chi connectivity index (χ1n) is 8.15. The molecule has 1 heterocycles. The average molecular weight is 312 g/mol. The number of halogens is 1. The second-order valence-corrected chi connectivity index (χ2v) is 6.50. The first-order valence-corrected chi connectivity index (χ1v) is 8.53. The van der Waals surface area contributed by atoms with Crippen LogP contribution in [0, 0.1) is 11.8 Å². The Balaban J connectivity index is 2.02. The van der Waals surface area contributed by atoms with Crippen LogP contribution in [-0.4, -0.2) is 16.3 Å². The first-order chi connectivity index (χ1) is 10.2. The van der Waals surface area contributed by atoms with Gasteiger partial charge < -0.3 is 5.32 Å². The van der Waals surface area contributed by atoms with Crippen LogP contribution in [0.5, 0.6) is 0 Å². The van der Waals surface area contributed by atoms with Crippen molar-refractivity contribution in [3.8, 4) is 0 Å². The number of anilines is 1. The molecule has 5 heteroatoms. The van der Waals surface area contributed by atoms with Crippen LogP contribution in [-0.2, 0) is 6.54 Å². The van der Waals surface area contributed by atoms with Crippen molar-refractivity contribution in [3.05, 3.63) is 21.6 Å². The molecule has 0 radical (unpaired) electrons. The smallest absolute Gasteiger partial charge is 0.291 e. The van der Waals surface area contributed by atoms with Crippen molar-refractivity contribution in [2.75, 3.05) is 11.9 Å². The predicted molar refractivity (Wildman–Crippen MR) is 88.0 cm³/mol. The maximum atomic E-state index is 12.4. The SMILES string of the molecule is CCCCC(CC)CNc1c(Cl)cnn(CC2CC2)c1=O. The molecule has 118 valence electrons. The lowest BCUT2D eigenvalue weighted by atomic mass is 9.99. The topological polar surface area (TPSA) is 46.9 Å². The largest absolute Gasteiger partial charge is 0.379 e. The molecule has 0 spiro atoms. The molecule has 1 unspecified atom stereocenters. The van der Waals surface area contributed by atoms with Gasteiger partial charge in [-0.05, 0) is 31.1 Å². The molecule has 1 aliphatic carbocycles. The summed E-state index contributed by atoms with van der Waals surface area (Å²) in [6, 6.07) is 0. The zero-order valence-corrected chi connectivity index (χ0v) is 13.8. The fourth-order valence-corrected chi connectivity index (χ4v) is 2.68. The molecular weight excluding hydrogens is 286 g/mol. The molecule has 1 aromatic heterocycles. The molecule has 0 aliphatic heterocycles. The maximum Gasteiger partial charge on any atom is 0.291 e. The van der Waals surface area contributed by atoms with Crippen molar-refractivity contribution in [3.63, 3.8) is 0 Å². The zero-order valence-electron chi connectivity index (χ0n) is 13.1. The minimum absolute atomic E-state index is 0.0836. The lowest BCUT2D eigenvalue weighted by Crippen LogP contribution is -2.28. The third kappa shape index (κ3) is 4.73. The van der Waals surface area contributed by atoms with Crippen molar-refractivity contribution >= 4 is 17.3 Å². The van der Waals surface area contributed by atoms with E-state index >= 15 is 0 Å². The van der Waals surface area contributed by atoms with E-state index in [4.69, 9.17) is 11.6 Å². The summed E-state index contributed by atoms with van der Waals surface area (Å²) in [5.74, 6) is 1.21. The lowest BCUT2D eigenvalue weighted by Gasteiger charge is -2.17. The summed E-state index contributed by atoms with van der Waals surface area (Å²) >= 11 is 6.15. The zero-order chi connectivity index (χ0) is 15.2. The second-order valence-electron chi connectivity index (χ2n) is 6.10. The number of unbranched alkanes of at least 4 members (excludes halogenated alkanes) is 1. The quantitative estimate of drug-likeness (QED) is 0.751. The highest BCUT2D eigenvalue weighted by Crippen LogP contribution is 2.30. The Bertz CT molecular complexity index is 511. The molecule has 1 saturated carbocycles. The Morgan fingerprint density at radius 2 is 2.24 bits per heavy atom. The first kappa shape index (κ1) is 16.3. The van der Waals surface area contributed by atoms with Crippen LogP contribution < -0.4 is 10.9 Å². The van der Waals surface area contributed by atoms with E-state index in [1.807, 2.05) is 0 Å². The van der Waals surface area contributed by atoms with Crippen LogP contribution in [0.2, 0.25) is 5.02 Å². The second kappa shape index (κ2) is 7.83. The van der Waals surface area contributed by atoms with E-state index in [1.54, 1.807) is 10.9 Å². The normalized spacial score (nSPS) is 16.0. The highest BCUT2D eigenvalue weighted by Gasteiger charge is 2.23. The van der Waals surface area contributed by atoms with Crippen LogP contribution in [0.4, 0.5) is 5.69 Å². The van der Waals surface area contributed by atoms with Gasteiger partial charge in [0.05, 0.1) is 11.2 Å². The summed E-state index contributed by atoms with van der Waals surface area (Å²) < 4.78 is 1.55. The third-order valence-electron chi connectivity index (χ3n) is 4.24. The van der Waals surface area contributed by atoms with E-state index in [1.165, 1.54) is 32.1 Å². The van der Waals surface area contributed by atoms with E-state index in [0.29, 0.717) is 22.5 Å². The van der Waals surface area contributed by atoms with E-state index in [-0.39, 0.29) is 5.56 Å². The van der Waals surface area contributed by atoms with Crippen molar-refractivity contribution in [2.45, 2.75) is 58.9 Å². The van der Waals surface area contributed by atoms with Crippen molar-refractivity contribution in [1.82, 2.24) is 9.78 Å². The van der Waals surface area contributed by atoms with Gasteiger partial charge in [-0.25, -0.2) is 4.68 Å². The number of rotatable bonds is 9. The van der Waals surface area contributed by atoms with Crippen LogP contribution >= 0.6 is 11.6 Å². The average Bonchev–Trinajstić information content (AvgIpc) is 3.29. The van der Waals surface area contributed by atoms with Gasteiger partial charge in [0.2, 0.25) is 0 Å². The molecule has 2 rings (SSSR count). The Hall–Kier alpha value is -1.03. The molecular formula is C16H26ClN3O. The van der Waals surface area contributed by atoms with Gasteiger partial charge in [-0.2, -0.15) is 5.10 Å². The van der Waals surface area contributed by atoms with Crippen LogP contribution in [0.15, 0.2) is 11.0 Å². The number of hydrogen-bond donors (Lipinski definition) is 1. The highest BCUT2D eigenvalue weighted by atomic mass is 35.5. The fourth-order valence-electron chi connectivity index (χ4n) is 2.49. The van der Waals surface area contributed by atoms with Gasteiger partial charge in [0, 0.05) is 13.1 Å². The summed E-state index contributed by atoms with van der Waals surface area (Å²) in [5.41, 5.74) is 0.432. The van der Waals surface area contributed by atoms with E-state index in [2.05, 4.69) is 24.3 Å². The Morgan fingerprint density at radius 3 is 2.86 bits per heavy atom. The summed E-state index contributed by atoms with van der Waals surface area (Å²) in [4.78, 5) is 12.4. The van der Waals surface area contributed by atoms with Crippen LogP contribution in [0.3, 0.4) is 0 Å². The molecule has 0 amide bonds.